The van der Waals surface area contributed by atoms with Crippen LogP contribution in [0.3, 0.4) is 0 Å². The van der Waals surface area contributed by atoms with E-state index in [1.54, 1.807) is 18.4 Å². The van der Waals surface area contributed by atoms with Crippen LogP contribution in [0.4, 0.5) is 13.8 Å². The molecule has 148 valence electrons. The van der Waals surface area contributed by atoms with Gasteiger partial charge in [0.15, 0.2) is 5.96 Å². The Labute approximate surface area is 180 Å². The van der Waals surface area contributed by atoms with E-state index in [2.05, 4.69) is 38.0 Å². The number of hydrogen-bond acceptors (Lipinski definition) is 3. The van der Waals surface area contributed by atoms with Gasteiger partial charge in [-0.1, -0.05) is 6.07 Å². The number of nitrogens with one attached hydrogen (secondary N) is 2. The lowest BCUT2D eigenvalue weighted by Gasteiger charge is -2.33. The summed E-state index contributed by atoms with van der Waals surface area (Å²) in [6, 6.07) is 8.53. The molecule has 0 unspecified atom stereocenters. The van der Waals surface area contributed by atoms with Crippen molar-refractivity contribution in [3.63, 3.8) is 0 Å². The standard InChI is InChI=1S/C19H24F2N4S.HI/c1-22-19(23-10-7-15-16(20)4-2-5-17(15)21)24-14-8-11-25(12-9-14)18-6-3-13-26-18;/h2-6,13-14H,7-12H2,1H3,(H2,22,23,24);1H. The van der Waals surface area contributed by atoms with Crippen LogP contribution in [-0.2, 0) is 6.42 Å². The van der Waals surface area contributed by atoms with Gasteiger partial charge in [0.1, 0.15) is 11.6 Å². The van der Waals surface area contributed by atoms with Gasteiger partial charge in [0.05, 0.1) is 5.00 Å². The Morgan fingerprint density at radius 2 is 1.89 bits per heavy atom. The Kier molecular flexibility index (Phi) is 8.75. The molecule has 2 heterocycles. The molecule has 0 aliphatic carbocycles. The summed E-state index contributed by atoms with van der Waals surface area (Å²) in [4.78, 5) is 6.63. The quantitative estimate of drug-likeness (QED) is 0.366. The monoisotopic (exact) mass is 506 g/mol. The van der Waals surface area contributed by atoms with Gasteiger partial charge in [0.25, 0.3) is 0 Å². The number of thiophene rings is 1. The van der Waals surface area contributed by atoms with E-state index in [9.17, 15) is 8.78 Å². The smallest absolute Gasteiger partial charge is 0.191 e. The number of anilines is 1. The van der Waals surface area contributed by atoms with Crippen molar-refractivity contribution in [3.8, 4) is 0 Å². The Morgan fingerprint density at radius 3 is 2.48 bits per heavy atom. The van der Waals surface area contributed by atoms with Gasteiger partial charge in [-0.2, -0.15) is 0 Å². The van der Waals surface area contributed by atoms with Crippen molar-refractivity contribution in [2.75, 3.05) is 31.6 Å². The molecule has 3 rings (SSSR count). The molecule has 8 heteroatoms. The molecule has 0 atom stereocenters. The van der Waals surface area contributed by atoms with E-state index in [0.29, 0.717) is 18.5 Å². The van der Waals surface area contributed by atoms with Crippen molar-refractivity contribution in [2.24, 2.45) is 4.99 Å². The first-order valence-electron chi connectivity index (χ1n) is 8.86. The molecule has 2 N–H and O–H groups in total. The van der Waals surface area contributed by atoms with Gasteiger partial charge < -0.3 is 15.5 Å². The summed E-state index contributed by atoms with van der Waals surface area (Å²) in [5, 5.41) is 9.99. The summed E-state index contributed by atoms with van der Waals surface area (Å²) in [5.41, 5.74) is 0.111. The number of rotatable bonds is 5. The second-order valence-electron chi connectivity index (χ2n) is 6.31. The molecule has 1 aliphatic rings. The number of nitrogens with zero attached hydrogens (tertiary/aromatic N) is 2. The summed E-state index contributed by atoms with van der Waals surface area (Å²) in [5.74, 6) is -0.331. The fourth-order valence-corrected chi connectivity index (χ4v) is 3.94. The SMILES string of the molecule is CN=C(NCCc1c(F)cccc1F)NC1CCN(c2cccs2)CC1.I. The molecule has 1 aromatic heterocycles. The van der Waals surface area contributed by atoms with Crippen LogP contribution in [0.5, 0.6) is 0 Å². The lowest BCUT2D eigenvalue weighted by Crippen LogP contribution is -2.49. The third-order valence-corrected chi connectivity index (χ3v) is 5.54. The van der Waals surface area contributed by atoms with E-state index in [1.807, 2.05) is 0 Å². The molecule has 0 bridgehead atoms. The molecule has 1 saturated heterocycles. The van der Waals surface area contributed by atoms with Gasteiger partial charge in [-0.05, 0) is 48.9 Å². The van der Waals surface area contributed by atoms with Crippen molar-refractivity contribution in [3.05, 3.63) is 52.9 Å². The third kappa shape index (κ3) is 6.03. The zero-order valence-electron chi connectivity index (χ0n) is 15.3. The van der Waals surface area contributed by atoms with Gasteiger partial charge in [-0.25, -0.2) is 8.78 Å². The Balaban J connectivity index is 0.00000261. The first-order chi connectivity index (χ1) is 12.7. The highest BCUT2D eigenvalue weighted by Gasteiger charge is 2.20. The lowest BCUT2D eigenvalue weighted by molar-refractivity contribution is 0.462. The number of hydrogen-bond donors (Lipinski definition) is 2. The summed E-state index contributed by atoms with van der Waals surface area (Å²) in [6.07, 6.45) is 2.33. The van der Waals surface area contributed by atoms with Crippen molar-refractivity contribution >= 4 is 46.3 Å². The van der Waals surface area contributed by atoms with Crippen LogP contribution in [0.2, 0.25) is 0 Å². The zero-order chi connectivity index (χ0) is 18.4. The van der Waals surface area contributed by atoms with Crippen molar-refractivity contribution in [1.82, 2.24) is 10.6 Å². The van der Waals surface area contributed by atoms with Crippen LogP contribution in [0.25, 0.3) is 0 Å². The highest BCUT2D eigenvalue weighted by atomic mass is 127. The van der Waals surface area contributed by atoms with Gasteiger partial charge in [0.2, 0.25) is 0 Å². The van der Waals surface area contributed by atoms with Crippen LogP contribution in [0, 0.1) is 11.6 Å². The van der Waals surface area contributed by atoms with Crippen molar-refractivity contribution in [2.45, 2.75) is 25.3 Å². The highest BCUT2D eigenvalue weighted by Crippen LogP contribution is 2.24. The van der Waals surface area contributed by atoms with Crippen LogP contribution in [0.1, 0.15) is 18.4 Å². The molecular weight excluding hydrogens is 481 g/mol. The molecule has 0 spiro atoms. The molecule has 2 aromatic rings. The maximum absolute atomic E-state index is 13.7. The van der Waals surface area contributed by atoms with Gasteiger partial charge in [-0.3, -0.25) is 4.99 Å². The van der Waals surface area contributed by atoms with Gasteiger partial charge >= 0.3 is 0 Å². The lowest BCUT2D eigenvalue weighted by atomic mass is 10.1. The maximum Gasteiger partial charge on any atom is 0.191 e. The van der Waals surface area contributed by atoms with E-state index < -0.39 is 11.6 Å². The molecule has 0 amide bonds. The molecule has 1 aromatic carbocycles. The molecule has 1 aliphatic heterocycles. The zero-order valence-corrected chi connectivity index (χ0v) is 18.4. The van der Waals surface area contributed by atoms with Crippen LogP contribution >= 0.6 is 35.3 Å². The minimum Gasteiger partial charge on any atom is -0.363 e. The predicted octanol–water partition coefficient (Wildman–Crippen LogP) is 4.02. The van der Waals surface area contributed by atoms with Crippen LogP contribution in [0.15, 0.2) is 40.7 Å². The van der Waals surface area contributed by atoms with Crippen LogP contribution < -0.4 is 15.5 Å². The number of halogens is 3. The summed E-state index contributed by atoms with van der Waals surface area (Å²) < 4.78 is 27.3. The topological polar surface area (TPSA) is 39.7 Å². The minimum atomic E-state index is -0.504. The molecule has 4 nitrogen and oxygen atoms in total. The highest BCUT2D eigenvalue weighted by molar-refractivity contribution is 14.0. The summed E-state index contributed by atoms with van der Waals surface area (Å²) in [6.45, 7) is 2.44. The van der Waals surface area contributed by atoms with E-state index in [4.69, 9.17) is 0 Å². The minimum absolute atomic E-state index is 0. The van der Waals surface area contributed by atoms with Gasteiger partial charge in [-0.15, -0.1) is 35.3 Å². The van der Waals surface area contributed by atoms with E-state index in [1.165, 1.54) is 23.2 Å². The largest absolute Gasteiger partial charge is 0.363 e. The third-order valence-electron chi connectivity index (χ3n) is 4.61. The predicted molar refractivity (Wildman–Crippen MR) is 120 cm³/mol. The number of guanidine groups is 1. The van der Waals surface area contributed by atoms with Crippen molar-refractivity contribution in [1.29, 1.82) is 0 Å². The molecule has 0 radical (unpaired) electrons. The number of piperidine rings is 1. The number of benzene rings is 1. The Bertz CT molecular complexity index is 711. The summed E-state index contributed by atoms with van der Waals surface area (Å²) >= 11 is 1.77. The molecule has 27 heavy (non-hydrogen) atoms. The van der Waals surface area contributed by atoms with Crippen molar-refractivity contribution < 1.29 is 8.78 Å². The molecular formula is C19H25F2IN4S. The average Bonchev–Trinajstić information content (AvgIpc) is 3.18. The second kappa shape index (κ2) is 10.8. The molecule has 0 saturated carbocycles. The second-order valence-corrected chi connectivity index (χ2v) is 7.23. The van der Waals surface area contributed by atoms with Gasteiger partial charge in [0, 0.05) is 38.3 Å². The Hall–Kier alpha value is -1.42. The first kappa shape index (κ1) is 21.9. The fraction of sp³-hybridized carbons (Fsp3) is 0.421. The average molecular weight is 506 g/mol. The maximum atomic E-state index is 13.7. The summed E-state index contributed by atoms with van der Waals surface area (Å²) in [7, 11) is 1.71. The molecule has 1 fully saturated rings. The van der Waals surface area contributed by atoms with E-state index >= 15 is 0 Å². The fourth-order valence-electron chi connectivity index (χ4n) is 3.16. The normalized spacial score (nSPS) is 15.4. The van der Waals surface area contributed by atoms with Crippen LogP contribution in [-0.4, -0.2) is 38.7 Å². The van der Waals surface area contributed by atoms with E-state index in [-0.39, 0.29) is 36.0 Å². The first-order valence-corrected chi connectivity index (χ1v) is 9.74. The Morgan fingerprint density at radius 1 is 1.19 bits per heavy atom. The number of aliphatic imine (C=N–C) groups is 1. The van der Waals surface area contributed by atoms with E-state index in [0.717, 1.165) is 25.9 Å².